The zero-order chi connectivity index (χ0) is 14.4. The normalized spacial score (nSPS) is 20.6. The zero-order valence-corrected chi connectivity index (χ0v) is 12.1. The van der Waals surface area contributed by atoms with Crippen LogP contribution in [0.1, 0.15) is 57.8 Å². The molecule has 1 aliphatic heterocycles. The molecule has 0 aromatic heterocycles. The smallest absolute Gasteiger partial charge is 0.303 e. The number of piperidine rings is 1. The third-order valence-corrected chi connectivity index (χ3v) is 4.50. The average molecular weight is 279 g/mol. The van der Waals surface area contributed by atoms with Crippen LogP contribution in [0.4, 0.5) is 0 Å². The van der Waals surface area contributed by atoms with Crippen molar-refractivity contribution in [2.45, 2.75) is 57.8 Å². The van der Waals surface area contributed by atoms with Gasteiger partial charge in [-0.25, -0.2) is 0 Å². The lowest BCUT2D eigenvalue weighted by Gasteiger charge is -2.32. The Balaban J connectivity index is 1.71. The number of likely N-dealkylation sites (tertiary alicyclic amines) is 1. The summed E-state index contributed by atoms with van der Waals surface area (Å²) in [7, 11) is 0. The van der Waals surface area contributed by atoms with Crippen molar-refractivity contribution in [1.29, 1.82) is 0 Å². The fraction of sp³-hybridized carbons (Fsp3) is 0.750. The number of rotatable bonds is 5. The summed E-state index contributed by atoms with van der Waals surface area (Å²) >= 11 is 0. The summed E-state index contributed by atoms with van der Waals surface area (Å²) in [5.41, 5.74) is 1.31. The number of carbonyl (C=O) groups is 2. The van der Waals surface area contributed by atoms with Crippen LogP contribution < -0.4 is 0 Å². The average Bonchev–Trinajstić information content (AvgIpc) is 2.46. The third-order valence-electron chi connectivity index (χ3n) is 4.50. The van der Waals surface area contributed by atoms with E-state index in [1.807, 2.05) is 4.90 Å². The summed E-state index contributed by atoms with van der Waals surface area (Å²) in [6.45, 7) is 1.60. The SMILES string of the molecule is O=C(O)CCC1CCN(C(=O)CC2=CCCCC2)CC1. The van der Waals surface area contributed by atoms with Crippen LogP contribution in [-0.4, -0.2) is 35.0 Å². The van der Waals surface area contributed by atoms with Crippen molar-refractivity contribution in [2.75, 3.05) is 13.1 Å². The van der Waals surface area contributed by atoms with Gasteiger partial charge in [0, 0.05) is 25.9 Å². The monoisotopic (exact) mass is 279 g/mol. The molecule has 1 amide bonds. The Labute approximate surface area is 120 Å². The molecule has 0 spiro atoms. The molecule has 4 nitrogen and oxygen atoms in total. The molecule has 0 aromatic carbocycles. The highest BCUT2D eigenvalue weighted by atomic mass is 16.4. The second kappa shape index (κ2) is 7.46. The van der Waals surface area contributed by atoms with Crippen LogP contribution in [-0.2, 0) is 9.59 Å². The second-order valence-electron chi connectivity index (χ2n) is 6.04. The molecule has 0 radical (unpaired) electrons. The topological polar surface area (TPSA) is 57.6 Å². The number of amides is 1. The molecule has 0 aromatic rings. The van der Waals surface area contributed by atoms with Crippen molar-refractivity contribution in [3.05, 3.63) is 11.6 Å². The Morgan fingerprint density at radius 2 is 2.00 bits per heavy atom. The molecule has 0 saturated carbocycles. The number of hydrogen-bond donors (Lipinski definition) is 1. The van der Waals surface area contributed by atoms with E-state index in [9.17, 15) is 9.59 Å². The first-order valence-corrected chi connectivity index (χ1v) is 7.82. The van der Waals surface area contributed by atoms with Gasteiger partial charge in [0.15, 0.2) is 0 Å². The molecule has 0 bridgehead atoms. The van der Waals surface area contributed by atoms with Gasteiger partial charge in [-0.05, 0) is 50.9 Å². The van der Waals surface area contributed by atoms with Crippen molar-refractivity contribution >= 4 is 11.9 Å². The lowest BCUT2D eigenvalue weighted by molar-refractivity contribution is -0.138. The first-order chi connectivity index (χ1) is 9.65. The lowest BCUT2D eigenvalue weighted by Crippen LogP contribution is -2.38. The summed E-state index contributed by atoms with van der Waals surface area (Å²) in [5, 5.41) is 8.70. The number of nitrogens with zero attached hydrogens (tertiary/aromatic N) is 1. The van der Waals surface area contributed by atoms with Gasteiger partial charge in [0.1, 0.15) is 0 Å². The molecule has 4 heteroatoms. The first-order valence-electron chi connectivity index (χ1n) is 7.82. The summed E-state index contributed by atoms with van der Waals surface area (Å²) < 4.78 is 0. The minimum absolute atomic E-state index is 0.255. The van der Waals surface area contributed by atoms with Crippen molar-refractivity contribution < 1.29 is 14.7 Å². The molecule has 1 fully saturated rings. The molecule has 2 aliphatic rings. The maximum atomic E-state index is 12.2. The molecule has 2 rings (SSSR count). The minimum atomic E-state index is -0.715. The highest BCUT2D eigenvalue weighted by Crippen LogP contribution is 2.25. The van der Waals surface area contributed by atoms with E-state index in [1.165, 1.54) is 18.4 Å². The number of aliphatic carboxylic acids is 1. The van der Waals surface area contributed by atoms with Gasteiger partial charge >= 0.3 is 5.97 Å². The number of allylic oxidation sites excluding steroid dienone is 1. The van der Waals surface area contributed by atoms with Crippen LogP contribution >= 0.6 is 0 Å². The van der Waals surface area contributed by atoms with E-state index in [0.717, 1.165) is 45.2 Å². The molecule has 112 valence electrons. The minimum Gasteiger partial charge on any atom is -0.481 e. The molecular weight excluding hydrogens is 254 g/mol. The lowest BCUT2D eigenvalue weighted by atomic mass is 9.91. The summed E-state index contributed by atoms with van der Waals surface area (Å²) in [6.07, 6.45) is 10.4. The van der Waals surface area contributed by atoms with E-state index in [4.69, 9.17) is 5.11 Å². The summed E-state index contributed by atoms with van der Waals surface area (Å²) in [4.78, 5) is 24.8. The largest absolute Gasteiger partial charge is 0.481 e. The Bertz CT molecular complexity index is 381. The van der Waals surface area contributed by atoms with Gasteiger partial charge in [-0.15, -0.1) is 0 Å². The predicted molar refractivity (Wildman–Crippen MR) is 77.3 cm³/mol. The van der Waals surface area contributed by atoms with Crippen molar-refractivity contribution in [3.63, 3.8) is 0 Å². The summed E-state index contributed by atoms with van der Waals surface area (Å²) in [6, 6.07) is 0. The van der Waals surface area contributed by atoms with Crippen LogP contribution in [0, 0.1) is 5.92 Å². The molecule has 0 atom stereocenters. The molecule has 0 unspecified atom stereocenters. The van der Waals surface area contributed by atoms with E-state index in [1.54, 1.807) is 0 Å². The standard InChI is InChI=1S/C16H25NO3/c18-15(12-14-4-2-1-3-5-14)17-10-8-13(9-11-17)6-7-16(19)20/h4,13H,1-3,5-12H2,(H,19,20). The molecule has 1 aliphatic carbocycles. The quantitative estimate of drug-likeness (QED) is 0.787. The Morgan fingerprint density at radius 3 is 2.60 bits per heavy atom. The van der Waals surface area contributed by atoms with Crippen LogP contribution in [0.25, 0.3) is 0 Å². The van der Waals surface area contributed by atoms with Crippen LogP contribution in [0.2, 0.25) is 0 Å². The van der Waals surface area contributed by atoms with E-state index in [0.29, 0.717) is 12.3 Å². The van der Waals surface area contributed by atoms with Crippen LogP contribution in [0.3, 0.4) is 0 Å². The molecule has 1 heterocycles. The molecule has 1 N–H and O–H groups in total. The van der Waals surface area contributed by atoms with Gasteiger partial charge in [0.05, 0.1) is 0 Å². The third kappa shape index (κ3) is 4.66. The Hall–Kier alpha value is -1.32. The fourth-order valence-corrected chi connectivity index (χ4v) is 3.17. The maximum absolute atomic E-state index is 12.2. The number of carboxylic acids is 1. The Kier molecular flexibility index (Phi) is 5.62. The number of hydrogen-bond acceptors (Lipinski definition) is 2. The van der Waals surface area contributed by atoms with Crippen LogP contribution in [0.5, 0.6) is 0 Å². The maximum Gasteiger partial charge on any atom is 0.303 e. The molecular formula is C16H25NO3. The van der Waals surface area contributed by atoms with Gasteiger partial charge in [0.2, 0.25) is 5.91 Å². The van der Waals surface area contributed by atoms with Crippen molar-refractivity contribution in [2.24, 2.45) is 5.92 Å². The second-order valence-corrected chi connectivity index (χ2v) is 6.04. The van der Waals surface area contributed by atoms with Gasteiger partial charge < -0.3 is 10.0 Å². The van der Waals surface area contributed by atoms with Crippen molar-refractivity contribution in [1.82, 2.24) is 4.90 Å². The number of carbonyl (C=O) groups excluding carboxylic acids is 1. The van der Waals surface area contributed by atoms with E-state index < -0.39 is 5.97 Å². The number of carboxylic acid groups (broad SMARTS) is 1. The van der Waals surface area contributed by atoms with Crippen LogP contribution in [0.15, 0.2) is 11.6 Å². The highest BCUT2D eigenvalue weighted by Gasteiger charge is 2.23. The van der Waals surface area contributed by atoms with Gasteiger partial charge in [0.25, 0.3) is 0 Å². The predicted octanol–water partition coefficient (Wildman–Crippen LogP) is 2.98. The Morgan fingerprint density at radius 1 is 1.25 bits per heavy atom. The van der Waals surface area contributed by atoms with E-state index >= 15 is 0 Å². The van der Waals surface area contributed by atoms with E-state index in [2.05, 4.69) is 6.08 Å². The summed E-state index contributed by atoms with van der Waals surface area (Å²) in [5.74, 6) is 0.0200. The molecule has 20 heavy (non-hydrogen) atoms. The van der Waals surface area contributed by atoms with E-state index in [-0.39, 0.29) is 12.3 Å². The fourth-order valence-electron chi connectivity index (χ4n) is 3.17. The van der Waals surface area contributed by atoms with Gasteiger partial charge in [-0.3, -0.25) is 9.59 Å². The molecule has 1 saturated heterocycles. The first kappa shape index (κ1) is 15.1. The van der Waals surface area contributed by atoms with Gasteiger partial charge in [-0.2, -0.15) is 0 Å². The highest BCUT2D eigenvalue weighted by molar-refractivity contribution is 5.78. The zero-order valence-electron chi connectivity index (χ0n) is 12.1. The van der Waals surface area contributed by atoms with Gasteiger partial charge in [-0.1, -0.05) is 11.6 Å². The van der Waals surface area contributed by atoms with Crippen molar-refractivity contribution in [3.8, 4) is 0 Å².